The summed E-state index contributed by atoms with van der Waals surface area (Å²) < 4.78 is 31.8. The highest BCUT2D eigenvalue weighted by molar-refractivity contribution is 7.89. The van der Waals surface area contributed by atoms with Crippen molar-refractivity contribution in [2.24, 2.45) is 5.73 Å². The lowest BCUT2D eigenvalue weighted by atomic mass is 10.00. The molecular weight excluding hydrogens is 348 g/mol. The van der Waals surface area contributed by atoms with Crippen molar-refractivity contribution in [2.45, 2.75) is 17.9 Å². The van der Waals surface area contributed by atoms with Crippen LogP contribution in [0.3, 0.4) is 0 Å². The zero-order chi connectivity index (χ0) is 18.4. The average Bonchev–Trinajstić information content (AvgIpc) is 2.58. The molecule has 1 heterocycles. The van der Waals surface area contributed by atoms with E-state index < -0.39 is 16.1 Å². The molecule has 138 valence electrons. The zero-order valence-electron chi connectivity index (χ0n) is 13.9. The predicted molar refractivity (Wildman–Crippen MR) is 90.2 cm³/mol. The molecule has 0 aliphatic carbocycles. The van der Waals surface area contributed by atoms with Crippen molar-refractivity contribution in [3.05, 3.63) is 29.3 Å². The molecule has 0 radical (unpaired) electrons. The Bertz CT molecular complexity index is 750. The van der Waals surface area contributed by atoms with Gasteiger partial charge in [0.05, 0.1) is 18.0 Å². The molecule has 1 aliphatic rings. The van der Waals surface area contributed by atoms with Crippen molar-refractivity contribution in [3.63, 3.8) is 0 Å². The van der Waals surface area contributed by atoms with Crippen LogP contribution in [0, 0.1) is 0 Å². The SMILES string of the molecule is COCCNS(=O)(=O)c1ccc2c(c1)CCN(C(=O)CNC(N)=O)C2. The summed E-state index contributed by atoms with van der Waals surface area (Å²) in [5.74, 6) is -0.234. The second kappa shape index (κ2) is 8.28. The maximum Gasteiger partial charge on any atom is 0.312 e. The van der Waals surface area contributed by atoms with E-state index in [0.717, 1.165) is 11.1 Å². The molecule has 0 bridgehead atoms. The molecule has 10 heteroatoms. The van der Waals surface area contributed by atoms with E-state index in [0.29, 0.717) is 26.1 Å². The van der Waals surface area contributed by atoms with Crippen molar-refractivity contribution >= 4 is 22.0 Å². The number of fused-ring (bicyclic) bond motifs is 1. The molecule has 25 heavy (non-hydrogen) atoms. The van der Waals surface area contributed by atoms with E-state index in [4.69, 9.17) is 10.5 Å². The number of primary amides is 1. The zero-order valence-corrected chi connectivity index (χ0v) is 14.8. The van der Waals surface area contributed by atoms with Gasteiger partial charge in [0.1, 0.15) is 0 Å². The lowest BCUT2D eigenvalue weighted by Gasteiger charge is -2.29. The van der Waals surface area contributed by atoms with Gasteiger partial charge >= 0.3 is 6.03 Å². The lowest BCUT2D eigenvalue weighted by Crippen LogP contribution is -2.43. The number of amides is 3. The highest BCUT2D eigenvalue weighted by atomic mass is 32.2. The largest absolute Gasteiger partial charge is 0.383 e. The number of methoxy groups -OCH3 is 1. The second-order valence-electron chi connectivity index (χ2n) is 5.60. The Morgan fingerprint density at radius 2 is 2.08 bits per heavy atom. The molecule has 0 atom stereocenters. The molecule has 4 N–H and O–H groups in total. The van der Waals surface area contributed by atoms with Gasteiger partial charge in [0.2, 0.25) is 15.9 Å². The van der Waals surface area contributed by atoms with Crippen molar-refractivity contribution in [3.8, 4) is 0 Å². The number of benzene rings is 1. The Labute approximate surface area is 146 Å². The number of nitrogens with two attached hydrogens (primary N) is 1. The van der Waals surface area contributed by atoms with Gasteiger partial charge in [-0.15, -0.1) is 0 Å². The fourth-order valence-corrected chi connectivity index (χ4v) is 3.61. The summed E-state index contributed by atoms with van der Waals surface area (Å²) in [7, 11) is -2.09. The number of rotatable bonds is 7. The molecule has 0 saturated heterocycles. The number of hydrogen-bond acceptors (Lipinski definition) is 5. The molecule has 0 spiro atoms. The number of sulfonamides is 1. The number of nitrogens with zero attached hydrogens (tertiary/aromatic N) is 1. The number of carbonyl (C=O) groups is 2. The first-order valence-electron chi connectivity index (χ1n) is 7.75. The first-order valence-corrected chi connectivity index (χ1v) is 9.23. The fraction of sp³-hybridized carbons (Fsp3) is 0.467. The normalized spacial score (nSPS) is 14.0. The van der Waals surface area contributed by atoms with Crippen LogP contribution in [0.25, 0.3) is 0 Å². The van der Waals surface area contributed by atoms with Crippen LogP contribution in [-0.2, 0) is 32.5 Å². The Kier molecular flexibility index (Phi) is 6.34. The predicted octanol–water partition coefficient (Wildman–Crippen LogP) is -0.836. The molecule has 9 nitrogen and oxygen atoms in total. The standard InChI is InChI=1S/C15H22N4O5S/c1-24-7-5-18-25(22,23)13-3-2-12-10-19(6-4-11(12)8-13)14(20)9-17-15(16)21/h2-3,8,18H,4-7,9-10H2,1H3,(H3,16,17,21). The fourth-order valence-electron chi connectivity index (χ4n) is 2.55. The highest BCUT2D eigenvalue weighted by Gasteiger charge is 2.23. The summed E-state index contributed by atoms with van der Waals surface area (Å²) >= 11 is 0. The summed E-state index contributed by atoms with van der Waals surface area (Å²) in [6.07, 6.45) is 0.541. The minimum Gasteiger partial charge on any atom is -0.383 e. The van der Waals surface area contributed by atoms with Crippen LogP contribution in [0.5, 0.6) is 0 Å². The topological polar surface area (TPSA) is 131 Å². The average molecular weight is 370 g/mol. The molecule has 0 unspecified atom stereocenters. The Hall–Kier alpha value is -2.17. The minimum absolute atomic E-state index is 0.152. The molecular formula is C15H22N4O5S. The van der Waals surface area contributed by atoms with Crippen LogP contribution < -0.4 is 15.8 Å². The third-order valence-corrected chi connectivity index (χ3v) is 5.32. The first-order chi connectivity index (χ1) is 11.8. The number of hydrogen-bond donors (Lipinski definition) is 3. The molecule has 0 fully saturated rings. The van der Waals surface area contributed by atoms with E-state index in [9.17, 15) is 18.0 Å². The van der Waals surface area contributed by atoms with Crippen molar-refractivity contribution in [2.75, 3.05) is 33.4 Å². The quantitative estimate of drug-likeness (QED) is 0.539. The smallest absolute Gasteiger partial charge is 0.312 e. The summed E-state index contributed by atoms with van der Waals surface area (Å²) in [5.41, 5.74) is 6.73. The van der Waals surface area contributed by atoms with Crippen LogP contribution in [0.15, 0.2) is 23.1 Å². The van der Waals surface area contributed by atoms with E-state index in [1.807, 2.05) is 0 Å². The number of ether oxygens (including phenoxy) is 1. The van der Waals surface area contributed by atoms with Gasteiger partial charge in [-0.25, -0.2) is 17.9 Å². The van der Waals surface area contributed by atoms with Gasteiger partial charge in [0.15, 0.2) is 0 Å². The van der Waals surface area contributed by atoms with E-state index in [1.165, 1.54) is 13.2 Å². The Balaban J connectivity index is 2.06. The van der Waals surface area contributed by atoms with Gasteiger partial charge in [0.25, 0.3) is 0 Å². The van der Waals surface area contributed by atoms with Gasteiger partial charge in [-0.2, -0.15) is 0 Å². The number of nitrogens with one attached hydrogen (secondary N) is 2. The van der Waals surface area contributed by atoms with E-state index in [-0.39, 0.29) is 23.9 Å². The van der Waals surface area contributed by atoms with Crippen LogP contribution in [-0.4, -0.2) is 58.6 Å². The number of urea groups is 1. The molecule has 2 rings (SSSR count). The van der Waals surface area contributed by atoms with Gasteiger partial charge in [-0.1, -0.05) is 6.07 Å². The molecule has 1 aromatic carbocycles. The van der Waals surface area contributed by atoms with Gasteiger partial charge in [-0.05, 0) is 29.7 Å². The molecule has 0 saturated carbocycles. The Morgan fingerprint density at radius 1 is 1.32 bits per heavy atom. The number of carbonyl (C=O) groups excluding carboxylic acids is 2. The minimum atomic E-state index is -3.59. The van der Waals surface area contributed by atoms with Gasteiger partial charge in [0, 0.05) is 26.7 Å². The molecule has 3 amide bonds. The summed E-state index contributed by atoms with van der Waals surface area (Å²) in [6.45, 7) is 1.16. The van der Waals surface area contributed by atoms with Crippen molar-refractivity contribution in [1.29, 1.82) is 0 Å². The Morgan fingerprint density at radius 3 is 2.76 bits per heavy atom. The summed E-state index contributed by atoms with van der Waals surface area (Å²) in [5, 5.41) is 2.27. The first kappa shape index (κ1) is 19.2. The monoisotopic (exact) mass is 370 g/mol. The third kappa shape index (κ3) is 5.15. The van der Waals surface area contributed by atoms with Crippen LogP contribution >= 0.6 is 0 Å². The van der Waals surface area contributed by atoms with Gasteiger partial charge < -0.3 is 20.7 Å². The van der Waals surface area contributed by atoms with Crippen LogP contribution in [0.2, 0.25) is 0 Å². The summed E-state index contributed by atoms with van der Waals surface area (Å²) in [6, 6.07) is 4.11. The molecule has 1 aromatic rings. The van der Waals surface area contributed by atoms with Crippen LogP contribution in [0.4, 0.5) is 4.79 Å². The molecule has 1 aliphatic heterocycles. The van der Waals surface area contributed by atoms with Gasteiger partial charge in [-0.3, -0.25) is 4.79 Å². The van der Waals surface area contributed by atoms with Crippen molar-refractivity contribution < 1.29 is 22.7 Å². The third-order valence-electron chi connectivity index (χ3n) is 3.87. The highest BCUT2D eigenvalue weighted by Crippen LogP contribution is 2.22. The molecule has 0 aromatic heterocycles. The maximum atomic E-state index is 12.2. The van der Waals surface area contributed by atoms with E-state index in [1.54, 1.807) is 17.0 Å². The van der Waals surface area contributed by atoms with E-state index in [2.05, 4.69) is 10.0 Å². The van der Waals surface area contributed by atoms with Crippen LogP contribution in [0.1, 0.15) is 11.1 Å². The summed E-state index contributed by atoms with van der Waals surface area (Å²) in [4.78, 5) is 24.5. The van der Waals surface area contributed by atoms with E-state index >= 15 is 0 Å². The second-order valence-corrected chi connectivity index (χ2v) is 7.37. The van der Waals surface area contributed by atoms with Crippen molar-refractivity contribution in [1.82, 2.24) is 14.9 Å². The lowest BCUT2D eigenvalue weighted by molar-refractivity contribution is -0.130. The maximum absolute atomic E-state index is 12.2.